The van der Waals surface area contributed by atoms with Crippen LogP contribution < -0.4 is 5.32 Å². The molecule has 1 aliphatic carbocycles. The lowest BCUT2D eigenvalue weighted by molar-refractivity contribution is 0.486. The predicted octanol–water partition coefficient (Wildman–Crippen LogP) is 4.47. The summed E-state index contributed by atoms with van der Waals surface area (Å²) in [4.78, 5) is 0. The zero-order chi connectivity index (χ0) is 11.5. The van der Waals surface area contributed by atoms with E-state index >= 15 is 0 Å². The maximum Gasteiger partial charge on any atom is 0.164 e. The largest absolute Gasteiger partial charge is 0.380 e. The molecule has 0 amide bonds. The Morgan fingerprint density at radius 3 is 3.00 bits per heavy atom. The lowest BCUT2D eigenvalue weighted by Gasteiger charge is -2.21. The minimum absolute atomic E-state index is 0.191. The van der Waals surface area contributed by atoms with Crippen LogP contribution in [0.4, 0.5) is 10.1 Å². The van der Waals surface area contributed by atoms with E-state index in [1.54, 1.807) is 18.2 Å². The van der Waals surface area contributed by atoms with Gasteiger partial charge in [-0.3, -0.25) is 0 Å². The molecule has 1 fully saturated rings. The van der Waals surface area contributed by atoms with Crippen molar-refractivity contribution in [3.8, 4) is 0 Å². The van der Waals surface area contributed by atoms with Crippen LogP contribution in [-0.4, -0.2) is 6.04 Å². The van der Waals surface area contributed by atoms with Crippen LogP contribution in [0.3, 0.4) is 0 Å². The standard InChI is InChI=1S/C13H17ClFN/c1-2-9-5-3-7-11(9)16-12-8-4-6-10(14)13(12)15/h4,6,8-9,11,16H,2-3,5,7H2,1H3. The van der Waals surface area contributed by atoms with Crippen molar-refractivity contribution in [2.45, 2.75) is 38.6 Å². The second-order valence-electron chi connectivity index (χ2n) is 4.45. The van der Waals surface area contributed by atoms with Crippen LogP contribution in [0, 0.1) is 11.7 Å². The third-order valence-corrected chi connectivity index (χ3v) is 3.77. The lowest BCUT2D eigenvalue weighted by atomic mass is 10.0. The number of rotatable bonds is 3. The molecule has 0 spiro atoms. The number of benzene rings is 1. The van der Waals surface area contributed by atoms with Gasteiger partial charge >= 0.3 is 0 Å². The van der Waals surface area contributed by atoms with Crippen LogP contribution in [0.25, 0.3) is 0 Å². The molecule has 1 aromatic rings. The normalized spacial score (nSPS) is 24.7. The Hall–Kier alpha value is -0.760. The third kappa shape index (κ3) is 2.32. The fourth-order valence-electron chi connectivity index (χ4n) is 2.53. The number of nitrogens with one attached hydrogen (secondary N) is 1. The van der Waals surface area contributed by atoms with Crippen molar-refractivity contribution in [3.63, 3.8) is 0 Å². The first kappa shape index (κ1) is 11.7. The zero-order valence-electron chi connectivity index (χ0n) is 9.47. The third-order valence-electron chi connectivity index (χ3n) is 3.48. The first-order chi connectivity index (χ1) is 7.72. The summed E-state index contributed by atoms with van der Waals surface area (Å²) in [7, 11) is 0. The van der Waals surface area contributed by atoms with Crippen LogP contribution in [0.15, 0.2) is 18.2 Å². The summed E-state index contributed by atoms with van der Waals surface area (Å²) in [6, 6.07) is 5.52. The van der Waals surface area contributed by atoms with Crippen molar-refractivity contribution >= 4 is 17.3 Å². The van der Waals surface area contributed by atoms with E-state index < -0.39 is 0 Å². The van der Waals surface area contributed by atoms with Gasteiger partial charge in [-0.1, -0.05) is 37.4 Å². The van der Waals surface area contributed by atoms with Gasteiger partial charge in [-0.25, -0.2) is 4.39 Å². The summed E-state index contributed by atoms with van der Waals surface area (Å²) in [6.45, 7) is 2.19. The Bertz CT molecular complexity index is 367. The van der Waals surface area contributed by atoms with Gasteiger partial charge < -0.3 is 5.32 Å². The molecule has 0 bridgehead atoms. The molecule has 0 heterocycles. The molecular formula is C13H17ClFN. The van der Waals surface area contributed by atoms with Crippen LogP contribution in [0.5, 0.6) is 0 Å². The maximum atomic E-state index is 13.7. The van der Waals surface area contributed by atoms with E-state index in [-0.39, 0.29) is 10.8 Å². The molecule has 1 aromatic carbocycles. The van der Waals surface area contributed by atoms with Gasteiger partial charge in [0.2, 0.25) is 0 Å². The minimum atomic E-state index is -0.328. The van der Waals surface area contributed by atoms with Gasteiger partial charge in [0.25, 0.3) is 0 Å². The topological polar surface area (TPSA) is 12.0 Å². The number of hydrogen-bond acceptors (Lipinski definition) is 1. The summed E-state index contributed by atoms with van der Waals surface area (Å²) < 4.78 is 13.7. The Morgan fingerprint density at radius 2 is 2.25 bits per heavy atom. The molecule has 88 valence electrons. The molecule has 2 atom stereocenters. The molecular weight excluding hydrogens is 225 g/mol. The molecule has 0 aromatic heterocycles. The van der Waals surface area contributed by atoms with E-state index in [9.17, 15) is 4.39 Å². The molecule has 0 aliphatic heterocycles. The fourth-order valence-corrected chi connectivity index (χ4v) is 2.71. The number of halogens is 2. The lowest BCUT2D eigenvalue weighted by Crippen LogP contribution is -2.23. The van der Waals surface area contributed by atoms with E-state index in [0.717, 1.165) is 12.8 Å². The molecule has 2 rings (SSSR count). The summed E-state index contributed by atoms with van der Waals surface area (Å²) in [5, 5.41) is 3.48. The first-order valence-electron chi connectivity index (χ1n) is 5.93. The van der Waals surface area contributed by atoms with Crippen molar-refractivity contribution in [1.29, 1.82) is 0 Å². The maximum absolute atomic E-state index is 13.7. The molecule has 1 N–H and O–H groups in total. The first-order valence-corrected chi connectivity index (χ1v) is 6.30. The summed E-state index contributed by atoms with van der Waals surface area (Å²) in [6.07, 6.45) is 4.76. The van der Waals surface area contributed by atoms with Gasteiger partial charge in [-0.15, -0.1) is 0 Å². The van der Waals surface area contributed by atoms with E-state index in [1.165, 1.54) is 12.8 Å². The molecule has 1 aliphatic rings. The van der Waals surface area contributed by atoms with Gasteiger partial charge in [-0.05, 0) is 30.9 Å². The van der Waals surface area contributed by atoms with Crippen LogP contribution in [0.2, 0.25) is 5.02 Å². The second kappa shape index (κ2) is 5.05. The average molecular weight is 242 g/mol. The Balaban J connectivity index is 2.11. The fraction of sp³-hybridized carbons (Fsp3) is 0.538. The summed E-state index contributed by atoms with van der Waals surface area (Å²) in [5.41, 5.74) is 0.540. The van der Waals surface area contributed by atoms with Gasteiger partial charge in [0.1, 0.15) is 0 Å². The Kier molecular flexibility index (Phi) is 3.70. The van der Waals surface area contributed by atoms with Gasteiger partial charge in [0, 0.05) is 6.04 Å². The molecule has 16 heavy (non-hydrogen) atoms. The molecule has 0 radical (unpaired) electrons. The summed E-state index contributed by atoms with van der Waals surface area (Å²) in [5.74, 6) is 0.337. The Labute approximate surface area is 101 Å². The number of anilines is 1. The van der Waals surface area contributed by atoms with Crippen molar-refractivity contribution < 1.29 is 4.39 Å². The van der Waals surface area contributed by atoms with Crippen molar-refractivity contribution in [2.75, 3.05) is 5.32 Å². The van der Waals surface area contributed by atoms with Crippen LogP contribution >= 0.6 is 11.6 Å². The van der Waals surface area contributed by atoms with E-state index in [1.807, 2.05) is 0 Å². The predicted molar refractivity (Wildman–Crippen MR) is 66.5 cm³/mol. The van der Waals surface area contributed by atoms with E-state index in [4.69, 9.17) is 11.6 Å². The second-order valence-corrected chi connectivity index (χ2v) is 4.86. The van der Waals surface area contributed by atoms with Gasteiger partial charge in [-0.2, -0.15) is 0 Å². The van der Waals surface area contributed by atoms with E-state index in [0.29, 0.717) is 17.6 Å². The quantitative estimate of drug-likeness (QED) is 0.823. The summed E-state index contributed by atoms with van der Waals surface area (Å²) >= 11 is 5.75. The highest BCUT2D eigenvalue weighted by Crippen LogP contribution is 2.32. The Morgan fingerprint density at radius 1 is 1.44 bits per heavy atom. The van der Waals surface area contributed by atoms with Gasteiger partial charge in [0.05, 0.1) is 10.7 Å². The SMILES string of the molecule is CCC1CCCC1Nc1cccc(Cl)c1F. The highest BCUT2D eigenvalue weighted by Gasteiger charge is 2.26. The molecule has 3 heteroatoms. The molecule has 1 saturated carbocycles. The highest BCUT2D eigenvalue weighted by molar-refractivity contribution is 6.31. The molecule has 0 saturated heterocycles. The molecule has 1 nitrogen and oxygen atoms in total. The number of hydrogen-bond donors (Lipinski definition) is 1. The average Bonchev–Trinajstić information content (AvgIpc) is 2.72. The monoisotopic (exact) mass is 241 g/mol. The van der Waals surface area contributed by atoms with Crippen LogP contribution in [-0.2, 0) is 0 Å². The molecule has 2 unspecified atom stereocenters. The minimum Gasteiger partial charge on any atom is -0.380 e. The van der Waals surface area contributed by atoms with Crippen molar-refractivity contribution in [3.05, 3.63) is 29.0 Å². The van der Waals surface area contributed by atoms with Crippen LogP contribution in [0.1, 0.15) is 32.6 Å². The van der Waals surface area contributed by atoms with Crippen molar-refractivity contribution in [1.82, 2.24) is 0 Å². The van der Waals surface area contributed by atoms with Crippen molar-refractivity contribution in [2.24, 2.45) is 5.92 Å². The zero-order valence-corrected chi connectivity index (χ0v) is 10.2. The highest BCUT2D eigenvalue weighted by atomic mass is 35.5. The smallest absolute Gasteiger partial charge is 0.164 e. The van der Waals surface area contributed by atoms with Gasteiger partial charge in [0.15, 0.2) is 5.82 Å². The van der Waals surface area contributed by atoms with E-state index in [2.05, 4.69) is 12.2 Å².